The Morgan fingerprint density at radius 3 is 2.94 bits per heavy atom. The normalized spacial score (nSPS) is 14.4. The molecule has 8 heteroatoms. The molecule has 0 radical (unpaired) electrons. The standard InChI is InChI=1S/C24H24BrN7/c25-18-8-20(21-12-27-29-23(21)9-18)24-14-32(31-30-24)13-16-4-5-17-7-19(28-22(17)6-16)11-26-10-15-2-1-3-15/h4-9,12,14-15,26,28H,1-3,10-11,13H2,(H,27,29). The van der Waals surface area contributed by atoms with Gasteiger partial charge in [-0.2, -0.15) is 5.10 Å². The molecule has 0 amide bonds. The summed E-state index contributed by atoms with van der Waals surface area (Å²) >= 11 is 3.57. The highest BCUT2D eigenvalue weighted by Gasteiger charge is 2.16. The van der Waals surface area contributed by atoms with Crippen molar-refractivity contribution in [1.29, 1.82) is 0 Å². The van der Waals surface area contributed by atoms with E-state index in [0.717, 1.165) is 51.2 Å². The Morgan fingerprint density at radius 1 is 1.12 bits per heavy atom. The van der Waals surface area contributed by atoms with Crippen LogP contribution in [-0.2, 0) is 13.1 Å². The molecule has 1 saturated carbocycles. The number of nitrogens with zero attached hydrogens (tertiary/aromatic N) is 4. The van der Waals surface area contributed by atoms with Gasteiger partial charge in [-0.05, 0) is 60.5 Å². The van der Waals surface area contributed by atoms with E-state index in [2.05, 4.69) is 77.1 Å². The van der Waals surface area contributed by atoms with Crippen LogP contribution in [0.3, 0.4) is 0 Å². The maximum absolute atomic E-state index is 4.41. The quantitative estimate of drug-likeness (QED) is 0.300. The van der Waals surface area contributed by atoms with E-state index in [1.807, 2.05) is 23.1 Å². The van der Waals surface area contributed by atoms with Gasteiger partial charge < -0.3 is 10.3 Å². The average molecular weight is 490 g/mol. The molecule has 0 bridgehead atoms. The van der Waals surface area contributed by atoms with Crippen molar-refractivity contribution in [3.05, 3.63) is 64.5 Å². The van der Waals surface area contributed by atoms with Crippen molar-refractivity contribution in [1.82, 2.24) is 35.5 Å². The third-order valence-corrected chi connectivity index (χ3v) is 6.86. The number of benzene rings is 2. The molecule has 0 saturated heterocycles. The second-order valence-corrected chi connectivity index (χ2v) is 9.65. The van der Waals surface area contributed by atoms with Crippen molar-refractivity contribution in [2.45, 2.75) is 32.4 Å². The average Bonchev–Trinajstić information content (AvgIpc) is 3.48. The minimum absolute atomic E-state index is 0.666. The van der Waals surface area contributed by atoms with Crippen LogP contribution in [0, 0.1) is 5.92 Å². The van der Waals surface area contributed by atoms with E-state index >= 15 is 0 Å². The van der Waals surface area contributed by atoms with Crippen LogP contribution in [0.15, 0.2) is 53.3 Å². The third kappa shape index (κ3) is 3.84. The number of halogens is 1. The van der Waals surface area contributed by atoms with E-state index in [1.54, 1.807) is 0 Å². The topological polar surface area (TPSA) is 87.2 Å². The minimum Gasteiger partial charge on any atom is -0.357 e. The summed E-state index contributed by atoms with van der Waals surface area (Å²) in [7, 11) is 0. The second-order valence-electron chi connectivity index (χ2n) is 8.73. The van der Waals surface area contributed by atoms with E-state index in [0.29, 0.717) is 6.54 Å². The summed E-state index contributed by atoms with van der Waals surface area (Å²) in [6, 6.07) is 12.9. The fourth-order valence-corrected chi connectivity index (χ4v) is 4.91. The Morgan fingerprint density at radius 2 is 2.06 bits per heavy atom. The smallest absolute Gasteiger partial charge is 0.113 e. The van der Waals surface area contributed by atoms with Crippen LogP contribution >= 0.6 is 15.9 Å². The molecule has 0 atom stereocenters. The molecule has 7 nitrogen and oxygen atoms in total. The summed E-state index contributed by atoms with van der Waals surface area (Å²) in [6.07, 6.45) is 7.96. The zero-order valence-electron chi connectivity index (χ0n) is 17.6. The summed E-state index contributed by atoms with van der Waals surface area (Å²) in [5.74, 6) is 0.875. The van der Waals surface area contributed by atoms with Gasteiger partial charge in [0.05, 0.1) is 24.5 Å². The molecule has 1 aliphatic carbocycles. The van der Waals surface area contributed by atoms with E-state index in [9.17, 15) is 0 Å². The molecule has 0 aliphatic heterocycles. The molecule has 3 N–H and O–H groups in total. The summed E-state index contributed by atoms with van der Waals surface area (Å²) in [6.45, 7) is 2.68. The minimum atomic E-state index is 0.666. The van der Waals surface area contributed by atoms with Crippen LogP contribution in [0.2, 0.25) is 0 Å². The van der Waals surface area contributed by atoms with Gasteiger partial charge in [-0.1, -0.05) is 39.7 Å². The Hall–Kier alpha value is -2.97. The van der Waals surface area contributed by atoms with Crippen LogP contribution in [0.1, 0.15) is 30.5 Å². The molecule has 162 valence electrons. The lowest BCUT2D eigenvalue weighted by molar-refractivity contribution is 0.301. The lowest BCUT2D eigenvalue weighted by atomic mass is 9.85. The van der Waals surface area contributed by atoms with Gasteiger partial charge in [0.25, 0.3) is 0 Å². The van der Waals surface area contributed by atoms with Crippen LogP contribution < -0.4 is 5.32 Å². The number of hydrogen-bond donors (Lipinski definition) is 3. The van der Waals surface area contributed by atoms with E-state index < -0.39 is 0 Å². The summed E-state index contributed by atoms with van der Waals surface area (Å²) in [5, 5.41) is 21.8. The number of rotatable bonds is 7. The molecule has 6 rings (SSSR count). The van der Waals surface area contributed by atoms with Gasteiger partial charge in [-0.25, -0.2) is 4.68 Å². The highest BCUT2D eigenvalue weighted by atomic mass is 79.9. The molecule has 2 aromatic carbocycles. The number of aromatic nitrogens is 6. The Kier molecular flexibility index (Phi) is 5.04. The molecule has 3 aromatic heterocycles. The van der Waals surface area contributed by atoms with Crippen LogP contribution in [-0.4, -0.2) is 36.7 Å². The van der Waals surface area contributed by atoms with Crippen molar-refractivity contribution in [2.24, 2.45) is 5.92 Å². The largest absolute Gasteiger partial charge is 0.357 e. The number of fused-ring (bicyclic) bond motifs is 2. The maximum atomic E-state index is 4.41. The fourth-order valence-electron chi connectivity index (χ4n) is 4.45. The highest BCUT2D eigenvalue weighted by molar-refractivity contribution is 9.10. The molecular formula is C24H24BrN7. The Labute approximate surface area is 193 Å². The first-order valence-electron chi connectivity index (χ1n) is 11.1. The van der Waals surface area contributed by atoms with E-state index in [4.69, 9.17) is 0 Å². The van der Waals surface area contributed by atoms with Gasteiger partial charge in [0.15, 0.2) is 0 Å². The van der Waals surface area contributed by atoms with Gasteiger partial charge in [0.2, 0.25) is 0 Å². The molecule has 3 heterocycles. The number of nitrogens with one attached hydrogen (secondary N) is 3. The zero-order chi connectivity index (χ0) is 21.5. The maximum Gasteiger partial charge on any atom is 0.113 e. The molecule has 0 unspecified atom stereocenters. The van der Waals surface area contributed by atoms with E-state index in [1.165, 1.54) is 35.9 Å². The SMILES string of the molecule is Brc1cc(-c2cn(Cc3ccc4cc(CNCC5CCC5)[nH]c4c3)nn2)c2cn[nH]c2c1. The predicted molar refractivity (Wildman–Crippen MR) is 129 cm³/mol. The summed E-state index contributed by atoms with van der Waals surface area (Å²) < 4.78 is 2.86. The van der Waals surface area contributed by atoms with Gasteiger partial charge in [-0.3, -0.25) is 5.10 Å². The number of hydrogen-bond acceptors (Lipinski definition) is 4. The zero-order valence-corrected chi connectivity index (χ0v) is 19.2. The van der Waals surface area contributed by atoms with Crippen LogP contribution in [0.5, 0.6) is 0 Å². The first kappa shape index (κ1) is 19.7. The number of aromatic amines is 2. The Bertz CT molecular complexity index is 1390. The second kappa shape index (κ2) is 8.18. The lowest BCUT2D eigenvalue weighted by Gasteiger charge is -2.25. The molecule has 1 aliphatic rings. The Balaban J connectivity index is 1.19. The van der Waals surface area contributed by atoms with Gasteiger partial charge in [0, 0.05) is 33.2 Å². The molecule has 0 spiro atoms. The molecular weight excluding hydrogens is 466 g/mol. The van der Waals surface area contributed by atoms with Gasteiger partial charge in [-0.15, -0.1) is 5.10 Å². The first-order chi connectivity index (χ1) is 15.7. The first-order valence-corrected chi connectivity index (χ1v) is 11.8. The number of H-pyrrole nitrogens is 2. The van der Waals surface area contributed by atoms with Crippen molar-refractivity contribution in [3.8, 4) is 11.3 Å². The van der Waals surface area contributed by atoms with Crippen LogP contribution in [0.25, 0.3) is 33.1 Å². The van der Waals surface area contributed by atoms with Crippen molar-refractivity contribution >= 4 is 37.7 Å². The van der Waals surface area contributed by atoms with Crippen molar-refractivity contribution in [3.63, 3.8) is 0 Å². The van der Waals surface area contributed by atoms with Crippen molar-refractivity contribution < 1.29 is 0 Å². The molecule has 5 aromatic rings. The summed E-state index contributed by atoms with van der Waals surface area (Å²) in [4.78, 5) is 3.56. The lowest BCUT2D eigenvalue weighted by Crippen LogP contribution is -2.26. The monoisotopic (exact) mass is 489 g/mol. The third-order valence-electron chi connectivity index (χ3n) is 6.40. The van der Waals surface area contributed by atoms with Crippen LogP contribution in [0.4, 0.5) is 0 Å². The predicted octanol–water partition coefficient (Wildman–Crippen LogP) is 5.00. The van der Waals surface area contributed by atoms with E-state index in [-0.39, 0.29) is 0 Å². The van der Waals surface area contributed by atoms with Gasteiger partial charge >= 0.3 is 0 Å². The fraction of sp³-hybridized carbons (Fsp3) is 0.292. The molecule has 32 heavy (non-hydrogen) atoms. The summed E-state index contributed by atoms with van der Waals surface area (Å²) in [5.41, 5.74) is 6.40. The molecule has 1 fully saturated rings. The van der Waals surface area contributed by atoms with Crippen molar-refractivity contribution in [2.75, 3.05) is 6.54 Å². The van der Waals surface area contributed by atoms with Gasteiger partial charge in [0.1, 0.15) is 5.69 Å². The highest BCUT2D eigenvalue weighted by Crippen LogP contribution is 2.30.